The van der Waals surface area contributed by atoms with Gasteiger partial charge >= 0.3 is 0 Å². The maximum Gasteiger partial charge on any atom is 0.256 e. The van der Waals surface area contributed by atoms with Crippen LogP contribution in [0.15, 0.2) is 35.1 Å². The molecule has 9 heteroatoms. The smallest absolute Gasteiger partial charge is 0.256 e. The molecule has 3 rings (SSSR count). The SMILES string of the molecule is Cc1noc(C)c1C(=O)NCCNc1ccc(-n2cccn2)nn1. The molecule has 0 atom stereocenters. The molecule has 24 heavy (non-hydrogen) atoms. The third kappa shape index (κ3) is 3.40. The zero-order chi connectivity index (χ0) is 16.9. The van der Waals surface area contributed by atoms with Gasteiger partial charge in [-0.3, -0.25) is 4.79 Å². The van der Waals surface area contributed by atoms with Crippen LogP contribution in [0.5, 0.6) is 0 Å². The second kappa shape index (κ2) is 6.90. The normalized spacial score (nSPS) is 10.6. The molecule has 1 amide bonds. The van der Waals surface area contributed by atoms with Crippen molar-refractivity contribution in [1.29, 1.82) is 0 Å². The van der Waals surface area contributed by atoms with Crippen LogP contribution >= 0.6 is 0 Å². The van der Waals surface area contributed by atoms with Crippen LogP contribution in [-0.2, 0) is 0 Å². The van der Waals surface area contributed by atoms with Crippen LogP contribution in [0.2, 0.25) is 0 Å². The van der Waals surface area contributed by atoms with Gasteiger partial charge in [0, 0.05) is 25.5 Å². The van der Waals surface area contributed by atoms with E-state index in [0.717, 1.165) is 0 Å². The number of nitrogens with zero attached hydrogens (tertiary/aromatic N) is 5. The molecule has 0 saturated carbocycles. The number of aromatic nitrogens is 5. The van der Waals surface area contributed by atoms with Gasteiger partial charge in [0.25, 0.3) is 5.91 Å². The van der Waals surface area contributed by atoms with Gasteiger partial charge in [-0.1, -0.05) is 5.16 Å². The summed E-state index contributed by atoms with van der Waals surface area (Å²) >= 11 is 0. The van der Waals surface area contributed by atoms with Crippen LogP contribution in [-0.4, -0.2) is 44.1 Å². The molecule has 0 aliphatic heterocycles. The highest BCUT2D eigenvalue weighted by Gasteiger charge is 2.16. The molecule has 3 aromatic heterocycles. The van der Waals surface area contributed by atoms with Crippen molar-refractivity contribution in [2.75, 3.05) is 18.4 Å². The van der Waals surface area contributed by atoms with Gasteiger partial charge in [-0.05, 0) is 32.0 Å². The van der Waals surface area contributed by atoms with Crippen LogP contribution in [0.1, 0.15) is 21.8 Å². The second-order valence-electron chi connectivity index (χ2n) is 5.11. The van der Waals surface area contributed by atoms with E-state index >= 15 is 0 Å². The first-order valence-electron chi connectivity index (χ1n) is 7.44. The summed E-state index contributed by atoms with van der Waals surface area (Å²) in [6, 6.07) is 5.43. The maximum atomic E-state index is 12.1. The Bertz CT molecular complexity index is 789. The molecule has 2 N–H and O–H groups in total. The minimum absolute atomic E-state index is 0.201. The quantitative estimate of drug-likeness (QED) is 0.652. The van der Waals surface area contributed by atoms with Gasteiger partial charge in [0.15, 0.2) is 5.82 Å². The number of hydrogen-bond acceptors (Lipinski definition) is 7. The molecule has 124 valence electrons. The van der Waals surface area contributed by atoms with Crippen molar-refractivity contribution in [3.8, 4) is 5.82 Å². The number of nitrogens with one attached hydrogen (secondary N) is 2. The lowest BCUT2D eigenvalue weighted by Crippen LogP contribution is -2.29. The van der Waals surface area contributed by atoms with Crippen LogP contribution in [0, 0.1) is 13.8 Å². The summed E-state index contributed by atoms with van der Waals surface area (Å²) in [6.45, 7) is 4.40. The molecule has 0 spiro atoms. The Labute approximate surface area is 138 Å². The van der Waals surface area contributed by atoms with E-state index in [1.165, 1.54) is 0 Å². The number of carbonyl (C=O) groups is 1. The van der Waals surface area contributed by atoms with Gasteiger partial charge in [-0.15, -0.1) is 10.2 Å². The number of aryl methyl sites for hydroxylation is 2. The number of hydrogen-bond donors (Lipinski definition) is 2. The molecule has 0 radical (unpaired) electrons. The van der Waals surface area contributed by atoms with Gasteiger partial charge in [-0.25, -0.2) is 4.68 Å². The Morgan fingerprint density at radius 2 is 2.12 bits per heavy atom. The predicted octanol–water partition coefficient (Wildman–Crippen LogP) is 1.11. The van der Waals surface area contributed by atoms with E-state index in [4.69, 9.17) is 4.52 Å². The van der Waals surface area contributed by atoms with Crippen LogP contribution in [0.4, 0.5) is 5.82 Å². The lowest BCUT2D eigenvalue weighted by Gasteiger charge is -2.07. The highest BCUT2D eigenvalue weighted by molar-refractivity contribution is 5.96. The number of carbonyl (C=O) groups excluding carboxylic acids is 1. The van der Waals surface area contributed by atoms with E-state index in [0.29, 0.717) is 41.7 Å². The zero-order valence-corrected chi connectivity index (χ0v) is 13.4. The summed E-state index contributed by atoms with van der Waals surface area (Å²) < 4.78 is 6.61. The van der Waals surface area contributed by atoms with E-state index in [1.807, 2.05) is 12.1 Å². The Balaban J connectivity index is 1.47. The van der Waals surface area contributed by atoms with E-state index in [-0.39, 0.29) is 5.91 Å². The van der Waals surface area contributed by atoms with Gasteiger partial charge < -0.3 is 15.2 Å². The van der Waals surface area contributed by atoms with Crippen LogP contribution in [0.3, 0.4) is 0 Å². The van der Waals surface area contributed by atoms with Crippen molar-refractivity contribution in [2.24, 2.45) is 0 Å². The molecule has 9 nitrogen and oxygen atoms in total. The minimum atomic E-state index is -0.201. The number of rotatable bonds is 6. The molecule has 0 aliphatic rings. The highest BCUT2D eigenvalue weighted by atomic mass is 16.5. The summed E-state index contributed by atoms with van der Waals surface area (Å²) in [6.07, 6.45) is 3.47. The summed E-state index contributed by atoms with van der Waals surface area (Å²) in [7, 11) is 0. The van der Waals surface area contributed by atoms with E-state index in [1.54, 1.807) is 37.0 Å². The summed E-state index contributed by atoms with van der Waals surface area (Å²) in [5.74, 6) is 1.57. The third-order valence-electron chi connectivity index (χ3n) is 3.37. The van der Waals surface area contributed by atoms with Crippen molar-refractivity contribution < 1.29 is 9.32 Å². The Kier molecular flexibility index (Phi) is 4.50. The average Bonchev–Trinajstić information content (AvgIpc) is 3.22. The van der Waals surface area contributed by atoms with E-state index in [2.05, 4.69) is 31.1 Å². The molecular weight excluding hydrogens is 310 g/mol. The number of anilines is 1. The molecule has 0 aliphatic carbocycles. The van der Waals surface area contributed by atoms with Crippen molar-refractivity contribution in [2.45, 2.75) is 13.8 Å². The predicted molar refractivity (Wildman–Crippen MR) is 86.0 cm³/mol. The van der Waals surface area contributed by atoms with Crippen molar-refractivity contribution >= 4 is 11.7 Å². The summed E-state index contributed by atoms with van der Waals surface area (Å²) in [5, 5.41) is 21.9. The largest absolute Gasteiger partial charge is 0.367 e. The van der Waals surface area contributed by atoms with E-state index in [9.17, 15) is 4.79 Å². The average molecular weight is 327 g/mol. The Morgan fingerprint density at radius 3 is 2.75 bits per heavy atom. The molecule has 0 unspecified atom stereocenters. The zero-order valence-electron chi connectivity index (χ0n) is 13.4. The topological polar surface area (TPSA) is 111 Å². The van der Waals surface area contributed by atoms with Crippen molar-refractivity contribution in [1.82, 2.24) is 30.5 Å². The molecule has 0 bridgehead atoms. The van der Waals surface area contributed by atoms with Crippen LogP contribution in [0.25, 0.3) is 5.82 Å². The lowest BCUT2D eigenvalue weighted by atomic mass is 10.2. The summed E-state index contributed by atoms with van der Waals surface area (Å²) in [5.41, 5.74) is 1.07. The molecule has 0 aromatic carbocycles. The fraction of sp³-hybridized carbons (Fsp3) is 0.267. The third-order valence-corrected chi connectivity index (χ3v) is 3.37. The Morgan fingerprint density at radius 1 is 1.25 bits per heavy atom. The number of amides is 1. The summed E-state index contributed by atoms with van der Waals surface area (Å²) in [4.78, 5) is 12.1. The first kappa shape index (κ1) is 15.7. The van der Waals surface area contributed by atoms with Crippen LogP contribution < -0.4 is 10.6 Å². The lowest BCUT2D eigenvalue weighted by molar-refractivity contribution is 0.0953. The van der Waals surface area contributed by atoms with Crippen molar-refractivity contribution in [3.05, 3.63) is 47.6 Å². The van der Waals surface area contributed by atoms with Gasteiger partial charge in [-0.2, -0.15) is 5.10 Å². The second-order valence-corrected chi connectivity index (χ2v) is 5.11. The first-order chi connectivity index (χ1) is 11.6. The van der Waals surface area contributed by atoms with Gasteiger partial charge in [0.05, 0.1) is 5.69 Å². The fourth-order valence-electron chi connectivity index (χ4n) is 2.21. The Hall–Kier alpha value is -3.23. The molecule has 0 saturated heterocycles. The van der Waals surface area contributed by atoms with Gasteiger partial charge in [0.1, 0.15) is 17.1 Å². The standard InChI is InChI=1S/C15H17N7O2/c1-10-14(11(2)24-21-10)15(23)17-8-7-16-12-4-5-13(20-19-12)22-9-3-6-18-22/h3-6,9H,7-8H2,1-2H3,(H,16,19)(H,17,23). The molecular formula is C15H17N7O2. The van der Waals surface area contributed by atoms with E-state index < -0.39 is 0 Å². The highest BCUT2D eigenvalue weighted by Crippen LogP contribution is 2.11. The first-order valence-corrected chi connectivity index (χ1v) is 7.44. The van der Waals surface area contributed by atoms with Crippen molar-refractivity contribution in [3.63, 3.8) is 0 Å². The molecule has 3 heterocycles. The molecule has 3 aromatic rings. The maximum absolute atomic E-state index is 12.1. The van der Waals surface area contributed by atoms with Gasteiger partial charge in [0.2, 0.25) is 0 Å². The minimum Gasteiger partial charge on any atom is -0.367 e. The monoisotopic (exact) mass is 327 g/mol. The molecule has 0 fully saturated rings. The fourth-order valence-corrected chi connectivity index (χ4v) is 2.21.